The first kappa shape index (κ1) is 15.0. The Hall–Kier alpha value is -0.960. The monoisotopic (exact) mass is 341 g/mol. The second-order valence-electron chi connectivity index (χ2n) is 4.17. The molecule has 2 heterocycles. The van der Waals surface area contributed by atoms with Gasteiger partial charge in [0.1, 0.15) is 5.75 Å². The highest BCUT2D eigenvalue weighted by molar-refractivity contribution is 9.20. The molecule has 1 aromatic rings. The lowest BCUT2D eigenvalue weighted by Crippen LogP contribution is -2.30. The van der Waals surface area contributed by atoms with E-state index in [4.69, 9.17) is 9.84 Å². The molecule has 0 amide bonds. The summed E-state index contributed by atoms with van der Waals surface area (Å²) in [6, 6.07) is 9.64. The Morgan fingerprint density at radius 1 is 1.24 bits per heavy atom. The molecule has 2 aliphatic heterocycles. The van der Waals surface area contributed by atoms with Gasteiger partial charge in [0.15, 0.2) is 5.17 Å². The first-order valence-corrected chi connectivity index (χ1v) is 10.4. The molecule has 0 aliphatic carbocycles. The fourth-order valence-corrected chi connectivity index (χ4v) is 7.18. The molecule has 112 valence electrons. The van der Waals surface area contributed by atoms with Gasteiger partial charge in [0.05, 0.1) is 6.61 Å². The smallest absolute Gasteiger partial charge is 0.269 e. The average molecular weight is 341 g/mol. The van der Waals surface area contributed by atoms with Gasteiger partial charge in [-0.05, 0) is 38.4 Å². The van der Waals surface area contributed by atoms with Crippen LogP contribution in [0.15, 0.2) is 40.3 Å². The molecular formula is C13H15N3O2S3. The third-order valence-electron chi connectivity index (χ3n) is 2.80. The van der Waals surface area contributed by atoms with E-state index in [-0.39, 0.29) is 15.2 Å². The quantitative estimate of drug-likeness (QED) is 0.674. The van der Waals surface area contributed by atoms with Gasteiger partial charge in [-0.3, -0.25) is 0 Å². The minimum atomic E-state index is -0.133. The van der Waals surface area contributed by atoms with E-state index in [1.807, 2.05) is 30.3 Å². The van der Waals surface area contributed by atoms with E-state index >= 15 is 0 Å². The Labute approximate surface area is 133 Å². The van der Waals surface area contributed by atoms with Gasteiger partial charge in [-0.2, -0.15) is 9.98 Å². The number of benzene rings is 1. The van der Waals surface area contributed by atoms with Gasteiger partial charge in [0.25, 0.3) is 5.23 Å². The van der Waals surface area contributed by atoms with E-state index < -0.39 is 0 Å². The number of likely N-dealkylation sites (N-methyl/N-ethyl adjacent to an activating group) is 1. The van der Waals surface area contributed by atoms with Crippen LogP contribution < -0.4 is 4.74 Å². The average Bonchev–Trinajstić information content (AvgIpc) is 3.04. The summed E-state index contributed by atoms with van der Waals surface area (Å²) in [5.41, 5.74) is 0. The molecule has 1 atom stereocenters. The number of hydrogen-bond acceptors (Lipinski definition) is 7. The van der Waals surface area contributed by atoms with E-state index in [1.165, 1.54) is 0 Å². The number of aliphatic imine (C=N–C) groups is 2. The van der Waals surface area contributed by atoms with E-state index in [0.29, 0.717) is 11.8 Å². The van der Waals surface area contributed by atoms with E-state index in [9.17, 15) is 0 Å². The summed E-state index contributed by atoms with van der Waals surface area (Å²) in [4.78, 5) is 11.1. The summed E-state index contributed by atoms with van der Waals surface area (Å²) < 4.78 is 5.74. The summed E-state index contributed by atoms with van der Waals surface area (Å²) in [6.45, 7) is 3.63. The van der Waals surface area contributed by atoms with Gasteiger partial charge in [-0.15, -0.1) is 0 Å². The van der Waals surface area contributed by atoms with Crippen LogP contribution >= 0.6 is 30.1 Å². The SMILES string of the molecule is CCN(CCO)C1=NC2=S(SC(Oc3ccccc3)=N2)S1. The molecule has 2 aliphatic rings. The number of nitrogens with zero attached hydrogens (tertiary/aromatic N) is 3. The fraction of sp³-hybridized carbons (Fsp3) is 0.308. The normalized spacial score (nSPS) is 20.1. The van der Waals surface area contributed by atoms with Crippen molar-refractivity contribution >= 4 is 45.6 Å². The number of rotatable bonds is 4. The lowest BCUT2D eigenvalue weighted by molar-refractivity contribution is 0.255. The van der Waals surface area contributed by atoms with Gasteiger partial charge in [-0.25, -0.2) is 0 Å². The van der Waals surface area contributed by atoms with Crippen molar-refractivity contribution in [3.63, 3.8) is 0 Å². The summed E-state index contributed by atoms with van der Waals surface area (Å²) >= 11 is 0. The molecule has 1 aromatic carbocycles. The number of ether oxygens (including phenoxy) is 1. The first-order chi connectivity index (χ1) is 10.3. The van der Waals surface area contributed by atoms with Gasteiger partial charge >= 0.3 is 0 Å². The Morgan fingerprint density at radius 2 is 2.05 bits per heavy atom. The number of aliphatic hydroxyl groups excluding tert-OH is 1. The van der Waals surface area contributed by atoms with Crippen LogP contribution in [-0.4, -0.2) is 45.2 Å². The largest absolute Gasteiger partial charge is 0.433 e. The summed E-state index contributed by atoms with van der Waals surface area (Å²) in [6.07, 6.45) is 0. The van der Waals surface area contributed by atoms with Crippen LogP contribution in [0.4, 0.5) is 0 Å². The maximum Gasteiger partial charge on any atom is 0.269 e. The standard InChI is InChI=1S/C13H15N3O2S3/c1-2-16(8-9-17)12-14-11-15-13(20-21(11)19-12)18-10-6-4-3-5-7-10/h3-7,17H,2,8-9H2,1H3. The molecule has 1 N–H and O–H groups in total. The van der Waals surface area contributed by atoms with E-state index in [1.54, 1.807) is 21.6 Å². The summed E-state index contributed by atoms with van der Waals surface area (Å²) in [5.74, 6) is 0.791. The zero-order valence-corrected chi connectivity index (χ0v) is 13.9. The molecule has 3 rings (SSSR count). The van der Waals surface area contributed by atoms with Crippen molar-refractivity contribution in [1.82, 2.24) is 4.90 Å². The van der Waals surface area contributed by atoms with Crippen LogP contribution in [0.1, 0.15) is 6.92 Å². The van der Waals surface area contributed by atoms with Crippen LogP contribution in [0.3, 0.4) is 0 Å². The minimum Gasteiger partial charge on any atom is -0.433 e. The predicted octanol–water partition coefficient (Wildman–Crippen LogP) is 2.77. The zero-order valence-electron chi connectivity index (χ0n) is 11.4. The summed E-state index contributed by atoms with van der Waals surface area (Å²) in [7, 11) is 3.16. The lowest BCUT2D eigenvalue weighted by atomic mass is 10.3. The van der Waals surface area contributed by atoms with Crippen molar-refractivity contribution in [2.24, 2.45) is 9.98 Å². The van der Waals surface area contributed by atoms with E-state index in [0.717, 1.165) is 22.6 Å². The van der Waals surface area contributed by atoms with Crippen molar-refractivity contribution in [3.05, 3.63) is 30.3 Å². The van der Waals surface area contributed by atoms with Gasteiger partial charge in [0, 0.05) is 23.9 Å². The lowest BCUT2D eigenvalue weighted by Gasteiger charge is -2.20. The highest BCUT2D eigenvalue weighted by Gasteiger charge is 2.29. The first-order valence-electron chi connectivity index (χ1n) is 6.54. The maximum atomic E-state index is 9.07. The maximum absolute atomic E-state index is 9.07. The van der Waals surface area contributed by atoms with Gasteiger partial charge in [0.2, 0.25) is 5.11 Å². The third-order valence-corrected chi connectivity index (χ3v) is 8.30. The van der Waals surface area contributed by atoms with Gasteiger partial charge in [-0.1, -0.05) is 18.2 Å². The Balaban J connectivity index is 1.66. The molecule has 8 heteroatoms. The second kappa shape index (κ2) is 6.87. The summed E-state index contributed by atoms with van der Waals surface area (Å²) in [5, 5.41) is 11.5. The molecular weight excluding hydrogens is 326 g/mol. The molecule has 1 unspecified atom stereocenters. The molecule has 5 nitrogen and oxygen atoms in total. The van der Waals surface area contributed by atoms with Crippen molar-refractivity contribution in [3.8, 4) is 5.75 Å². The topological polar surface area (TPSA) is 57.4 Å². The molecule has 0 saturated carbocycles. The molecule has 0 aromatic heterocycles. The molecule has 0 bridgehead atoms. The van der Waals surface area contributed by atoms with Crippen molar-refractivity contribution in [2.45, 2.75) is 6.92 Å². The second-order valence-corrected chi connectivity index (χ2v) is 9.69. The van der Waals surface area contributed by atoms with Crippen LogP contribution in [0.5, 0.6) is 5.75 Å². The molecule has 21 heavy (non-hydrogen) atoms. The predicted molar refractivity (Wildman–Crippen MR) is 94.1 cm³/mol. The highest BCUT2D eigenvalue weighted by Crippen LogP contribution is 2.53. The van der Waals surface area contributed by atoms with Crippen molar-refractivity contribution < 1.29 is 9.84 Å². The number of aliphatic hydroxyl groups is 1. The molecule has 0 radical (unpaired) electrons. The minimum absolute atomic E-state index is 0.133. The number of hydrogen-bond donors (Lipinski definition) is 1. The zero-order chi connectivity index (χ0) is 14.7. The van der Waals surface area contributed by atoms with Crippen molar-refractivity contribution in [1.29, 1.82) is 0 Å². The number of para-hydroxylation sites is 1. The molecule has 0 spiro atoms. The van der Waals surface area contributed by atoms with Crippen LogP contribution in [0, 0.1) is 0 Å². The van der Waals surface area contributed by atoms with E-state index in [2.05, 4.69) is 21.8 Å². The molecule has 0 saturated heterocycles. The Morgan fingerprint density at radius 3 is 2.71 bits per heavy atom. The third kappa shape index (κ3) is 3.45. The number of amidine groups is 1. The van der Waals surface area contributed by atoms with Crippen LogP contribution in [-0.2, 0) is 0 Å². The van der Waals surface area contributed by atoms with Gasteiger partial charge < -0.3 is 14.7 Å². The molecule has 0 fully saturated rings. The van der Waals surface area contributed by atoms with Crippen LogP contribution in [0.25, 0.3) is 0 Å². The Kier molecular flexibility index (Phi) is 4.89. The highest BCUT2D eigenvalue weighted by atomic mass is 33.5. The Bertz CT molecular complexity index is 616. The fourth-order valence-electron chi connectivity index (χ4n) is 1.78. The van der Waals surface area contributed by atoms with Crippen LogP contribution in [0.2, 0.25) is 0 Å². The van der Waals surface area contributed by atoms with Crippen molar-refractivity contribution in [2.75, 3.05) is 19.7 Å².